The third-order valence-corrected chi connectivity index (χ3v) is 5.45. The maximum atomic E-state index is 12.5. The number of aryl methyl sites for hydroxylation is 1. The van der Waals surface area contributed by atoms with E-state index in [0.29, 0.717) is 16.4 Å². The van der Waals surface area contributed by atoms with Gasteiger partial charge in [-0.1, -0.05) is 23.7 Å². The average Bonchev–Trinajstić information content (AvgIpc) is 3.22. The second kappa shape index (κ2) is 8.08. The van der Waals surface area contributed by atoms with E-state index in [4.69, 9.17) is 11.6 Å². The number of carbonyl (C=O) groups is 2. The highest BCUT2D eigenvalue weighted by atomic mass is 35.5. The van der Waals surface area contributed by atoms with Crippen molar-refractivity contribution in [1.29, 1.82) is 0 Å². The van der Waals surface area contributed by atoms with Crippen molar-refractivity contribution in [2.45, 2.75) is 19.5 Å². The molecule has 3 rings (SSSR count). The number of ether oxygens (including phenoxy) is 1. The number of carbonyl (C=O) groups excluding carboxylic acids is 2. The summed E-state index contributed by atoms with van der Waals surface area (Å²) >= 11 is 7.20. The number of thiophene rings is 1. The van der Waals surface area contributed by atoms with Gasteiger partial charge in [-0.05, 0) is 30.7 Å². The third-order valence-electron chi connectivity index (χ3n) is 4.05. The predicted molar refractivity (Wildman–Crippen MR) is 103 cm³/mol. The Hall–Kier alpha value is -2.42. The topological polar surface area (TPSA) is 93.4 Å². The van der Waals surface area contributed by atoms with E-state index in [-0.39, 0.29) is 0 Å². The summed E-state index contributed by atoms with van der Waals surface area (Å²) in [5.41, 5.74) is 1.84. The van der Waals surface area contributed by atoms with E-state index in [2.05, 4.69) is 15.2 Å². The fraction of sp³-hybridized carbons (Fsp3) is 0.278. The molecule has 0 radical (unpaired) electrons. The van der Waals surface area contributed by atoms with Crippen LogP contribution in [-0.4, -0.2) is 46.5 Å². The van der Waals surface area contributed by atoms with Crippen molar-refractivity contribution in [2.24, 2.45) is 0 Å². The Bertz CT molecular complexity index is 981. The smallest absolute Gasteiger partial charge is 0.330 e. The molecule has 0 bridgehead atoms. The van der Waals surface area contributed by atoms with Crippen LogP contribution in [0.1, 0.15) is 20.9 Å². The van der Waals surface area contributed by atoms with Crippen LogP contribution in [-0.2, 0) is 16.1 Å². The van der Waals surface area contributed by atoms with E-state index < -0.39 is 24.5 Å². The van der Waals surface area contributed by atoms with Crippen LogP contribution in [0.25, 0.3) is 10.2 Å². The number of benzene rings is 1. The first kappa shape index (κ1) is 19.3. The zero-order valence-electron chi connectivity index (χ0n) is 14.7. The molecular formula is C18H18ClN3O4S. The molecule has 2 heterocycles. The summed E-state index contributed by atoms with van der Waals surface area (Å²) in [7, 11) is 1.20. The molecule has 0 aliphatic heterocycles. The molecule has 0 aliphatic rings. The van der Waals surface area contributed by atoms with Gasteiger partial charge in [0.2, 0.25) is 0 Å². The molecule has 0 fully saturated rings. The van der Waals surface area contributed by atoms with Gasteiger partial charge in [0.05, 0.1) is 30.8 Å². The van der Waals surface area contributed by atoms with Crippen LogP contribution in [0.2, 0.25) is 5.02 Å². The molecule has 0 aliphatic carbocycles. The lowest BCUT2D eigenvalue weighted by atomic mass is 10.2. The number of aromatic nitrogens is 2. The Morgan fingerprint density at radius 2 is 2.07 bits per heavy atom. The third kappa shape index (κ3) is 4.13. The molecule has 27 heavy (non-hydrogen) atoms. The van der Waals surface area contributed by atoms with Gasteiger partial charge in [0.1, 0.15) is 4.83 Å². The van der Waals surface area contributed by atoms with Crippen molar-refractivity contribution < 1.29 is 19.4 Å². The lowest BCUT2D eigenvalue weighted by Crippen LogP contribution is -2.43. The van der Waals surface area contributed by atoms with Gasteiger partial charge < -0.3 is 15.2 Å². The standard InChI is InChI=1S/C18H18ClN3O4S/c1-10-13-7-15(16(24)20-14(9-23)18(25)26-2)27-17(13)22(21-10)8-11-3-5-12(19)6-4-11/h3-7,14,23H,8-9H2,1-2H3,(H,20,24)/t14-/m0/s1. The lowest BCUT2D eigenvalue weighted by Gasteiger charge is -2.12. The van der Waals surface area contributed by atoms with Crippen LogP contribution in [0.3, 0.4) is 0 Å². The number of rotatable bonds is 6. The fourth-order valence-electron chi connectivity index (χ4n) is 2.65. The molecule has 1 aromatic carbocycles. The molecule has 0 spiro atoms. The molecule has 1 atom stereocenters. The van der Waals surface area contributed by atoms with Crippen molar-refractivity contribution in [3.8, 4) is 0 Å². The van der Waals surface area contributed by atoms with E-state index in [1.165, 1.54) is 18.4 Å². The first-order valence-corrected chi connectivity index (χ1v) is 9.33. The molecular weight excluding hydrogens is 390 g/mol. The van der Waals surface area contributed by atoms with Crippen molar-refractivity contribution in [1.82, 2.24) is 15.1 Å². The number of nitrogens with zero attached hydrogens (tertiary/aromatic N) is 2. The Morgan fingerprint density at radius 3 is 2.70 bits per heavy atom. The summed E-state index contributed by atoms with van der Waals surface area (Å²) in [6.45, 7) is 1.89. The molecule has 0 saturated heterocycles. The summed E-state index contributed by atoms with van der Waals surface area (Å²) in [5, 5.41) is 17.8. The predicted octanol–water partition coefficient (Wildman–Crippen LogP) is 2.37. The number of fused-ring (bicyclic) bond motifs is 1. The van der Waals surface area contributed by atoms with E-state index in [1.54, 1.807) is 6.07 Å². The largest absolute Gasteiger partial charge is 0.467 e. The quantitative estimate of drug-likeness (QED) is 0.612. The summed E-state index contributed by atoms with van der Waals surface area (Å²) in [5.74, 6) is -1.14. The summed E-state index contributed by atoms with van der Waals surface area (Å²) in [4.78, 5) is 25.3. The van der Waals surface area contributed by atoms with Gasteiger partial charge in [0, 0.05) is 10.4 Å². The minimum absolute atomic E-state index is 0.428. The molecule has 142 valence electrons. The Labute approximate surface area is 164 Å². The lowest BCUT2D eigenvalue weighted by molar-refractivity contribution is -0.143. The first-order chi connectivity index (χ1) is 12.9. The zero-order chi connectivity index (χ0) is 19.6. The Kier molecular flexibility index (Phi) is 5.79. The van der Waals surface area contributed by atoms with Gasteiger partial charge in [-0.2, -0.15) is 5.10 Å². The fourth-order valence-corrected chi connectivity index (χ4v) is 3.84. The molecule has 7 nitrogen and oxygen atoms in total. The maximum Gasteiger partial charge on any atom is 0.330 e. The van der Waals surface area contributed by atoms with Gasteiger partial charge in [0.25, 0.3) is 5.91 Å². The number of methoxy groups -OCH3 is 1. The number of halogens is 1. The van der Waals surface area contributed by atoms with E-state index in [0.717, 1.165) is 21.5 Å². The van der Waals surface area contributed by atoms with Crippen LogP contribution in [0, 0.1) is 6.92 Å². The SMILES string of the molecule is COC(=O)[C@H](CO)NC(=O)c1cc2c(C)nn(Cc3ccc(Cl)cc3)c2s1. The molecule has 3 aromatic rings. The minimum atomic E-state index is -1.10. The highest BCUT2D eigenvalue weighted by Gasteiger charge is 2.23. The van der Waals surface area contributed by atoms with Crippen LogP contribution < -0.4 is 5.32 Å². The number of amides is 1. The van der Waals surface area contributed by atoms with Crippen LogP contribution in [0.15, 0.2) is 30.3 Å². The van der Waals surface area contributed by atoms with Crippen molar-refractivity contribution >= 4 is 45.0 Å². The van der Waals surface area contributed by atoms with Crippen molar-refractivity contribution in [3.05, 3.63) is 51.5 Å². The number of aliphatic hydroxyl groups is 1. The first-order valence-electron chi connectivity index (χ1n) is 8.14. The minimum Gasteiger partial charge on any atom is -0.467 e. The number of nitrogens with one attached hydrogen (secondary N) is 1. The second-order valence-corrected chi connectivity index (χ2v) is 7.40. The Balaban J connectivity index is 1.85. The van der Waals surface area contributed by atoms with Crippen molar-refractivity contribution in [2.75, 3.05) is 13.7 Å². The van der Waals surface area contributed by atoms with Gasteiger partial charge in [-0.3, -0.25) is 9.48 Å². The van der Waals surface area contributed by atoms with E-state index in [9.17, 15) is 14.7 Å². The molecule has 2 N–H and O–H groups in total. The van der Waals surface area contributed by atoms with E-state index in [1.807, 2.05) is 35.9 Å². The highest BCUT2D eigenvalue weighted by molar-refractivity contribution is 7.20. The van der Waals surface area contributed by atoms with Crippen LogP contribution in [0.5, 0.6) is 0 Å². The summed E-state index contributed by atoms with van der Waals surface area (Å²) in [6, 6.07) is 8.13. The van der Waals surface area contributed by atoms with Crippen LogP contribution in [0.4, 0.5) is 0 Å². The molecule has 1 amide bonds. The molecule has 0 saturated carbocycles. The highest BCUT2D eigenvalue weighted by Crippen LogP contribution is 2.29. The average molecular weight is 408 g/mol. The monoisotopic (exact) mass is 407 g/mol. The van der Waals surface area contributed by atoms with Gasteiger partial charge in [-0.25, -0.2) is 4.79 Å². The van der Waals surface area contributed by atoms with Gasteiger partial charge >= 0.3 is 5.97 Å². The second-order valence-electron chi connectivity index (χ2n) is 5.93. The van der Waals surface area contributed by atoms with Gasteiger partial charge in [0.15, 0.2) is 6.04 Å². The molecule has 2 aromatic heterocycles. The number of hydrogen-bond acceptors (Lipinski definition) is 6. The number of esters is 1. The van der Waals surface area contributed by atoms with E-state index >= 15 is 0 Å². The molecule has 0 unspecified atom stereocenters. The zero-order valence-corrected chi connectivity index (χ0v) is 16.3. The Morgan fingerprint density at radius 1 is 1.37 bits per heavy atom. The van der Waals surface area contributed by atoms with Crippen LogP contribution >= 0.6 is 22.9 Å². The number of aliphatic hydroxyl groups excluding tert-OH is 1. The van der Waals surface area contributed by atoms with Crippen molar-refractivity contribution in [3.63, 3.8) is 0 Å². The summed E-state index contributed by atoms with van der Waals surface area (Å²) < 4.78 is 6.40. The normalized spacial score (nSPS) is 12.1. The number of hydrogen-bond donors (Lipinski definition) is 2. The summed E-state index contributed by atoms with van der Waals surface area (Å²) in [6.07, 6.45) is 0. The maximum absolute atomic E-state index is 12.5. The van der Waals surface area contributed by atoms with Gasteiger partial charge in [-0.15, -0.1) is 11.3 Å². The molecule has 9 heteroatoms.